The molecule has 1 fully saturated rings. The van der Waals surface area contributed by atoms with Crippen molar-refractivity contribution < 1.29 is 19.1 Å². The first-order chi connectivity index (χ1) is 18.6. The number of pyridine rings is 1. The predicted octanol–water partition coefficient (Wildman–Crippen LogP) is 5.20. The Bertz CT molecular complexity index is 1410. The minimum absolute atomic E-state index is 0.157. The third kappa shape index (κ3) is 6.04. The van der Waals surface area contributed by atoms with Crippen LogP contribution in [-0.4, -0.2) is 45.4 Å². The van der Waals surface area contributed by atoms with Gasteiger partial charge in [0.15, 0.2) is 5.13 Å². The first kappa shape index (κ1) is 25.1. The van der Waals surface area contributed by atoms with Gasteiger partial charge in [0.05, 0.1) is 5.69 Å². The highest BCUT2D eigenvalue weighted by molar-refractivity contribution is 7.14. The molecule has 2 aromatic carbocycles. The third-order valence-electron chi connectivity index (χ3n) is 6.08. The number of benzene rings is 2. The highest BCUT2D eigenvalue weighted by Crippen LogP contribution is 2.27. The van der Waals surface area contributed by atoms with E-state index in [0.29, 0.717) is 35.2 Å². The van der Waals surface area contributed by atoms with Crippen LogP contribution in [0.1, 0.15) is 28.8 Å². The minimum atomic E-state index is -0.609. The van der Waals surface area contributed by atoms with Crippen LogP contribution in [0.4, 0.5) is 15.7 Å². The Morgan fingerprint density at radius 3 is 2.53 bits per heavy atom. The molecular formula is C28H25N5O4S. The number of aromatic nitrogens is 2. The lowest BCUT2D eigenvalue weighted by Gasteiger charge is -2.22. The van der Waals surface area contributed by atoms with Gasteiger partial charge in [-0.15, -0.1) is 11.3 Å². The van der Waals surface area contributed by atoms with Crippen LogP contribution < -0.4 is 10.6 Å². The number of thiazole rings is 1. The van der Waals surface area contributed by atoms with E-state index < -0.39 is 12.1 Å². The normalized spacial score (nSPS) is 14.6. The van der Waals surface area contributed by atoms with Crippen LogP contribution >= 0.6 is 11.3 Å². The number of nitrogens with one attached hydrogen (secondary N) is 2. The summed E-state index contributed by atoms with van der Waals surface area (Å²) in [6, 6.07) is 21.1. The molecule has 2 N–H and O–H groups in total. The van der Waals surface area contributed by atoms with Gasteiger partial charge >= 0.3 is 6.09 Å². The van der Waals surface area contributed by atoms with Gasteiger partial charge in [-0.05, 0) is 42.7 Å². The number of hydrogen-bond donors (Lipinski definition) is 2. The quantitative estimate of drug-likeness (QED) is 0.342. The van der Waals surface area contributed by atoms with Crippen molar-refractivity contribution in [1.29, 1.82) is 0 Å². The number of ether oxygens (including phenoxy) is 1. The number of carbonyl (C=O) groups excluding carboxylic acids is 3. The van der Waals surface area contributed by atoms with Crippen molar-refractivity contribution in [3.63, 3.8) is 0 Å². The van der Waals surface area contributed by atoms with Crippen LogP contribution in [-0.2, 0) is 16.1 Å². The first-order valence-corrected chi connectivity index (χ1v) is 13.0. The zero-order valence-electron chi connectivity index (χ0n) is 20.4. The van der Waals surface area contributed by atoms with Gasteiger partial charge < -0.3 is 15.4 Å². The summed E-state index contributed by atoms with van der Waals surface area (Å²) in [6.45, 7) is 0.624. The molecule has 1 aliphatic rings. The van der Waals surface area contributed by atoms with Crippen LogP contribution in [0.2, 0.25) is 0 Å². The molecule has 0 unspecified atom stereocenters. The lowest BCUT2D eigenvalue weighted by molar-refractivity contribution is -0.120. The molecule has 1 saturated heterocycles. The molecule has 10 heteroatoms. The summed E-state index contributed by atoms with van der Waals surface area (Å²) < 4.78 is 5.43. The average molecular weight is 528 g/mol. The number of nitrogens with zero attached hydrogens (tertiary/aromatic N) is 3. The van der Waals surface area contributed by atoms with Gasteiger partial charge in [0, 0.05) is 29.2 Å². The second-order valence-electron chi connectivity index (χ2n) is 8.67. The Balaban J connectivity index is 1.17. The molecule has 0 radical (unpaired) electrons. The van der Waals surface area contributed by atoms with Crippen LogP contribution in [0.3, 0.4) is 0 Å². The molecular weight excluding hydrogens is 502 g/mol. The summed E-state index contributed by atoms with van der Waals surface area (Å²) in [7, 11) is 0. The summed E-state index contributed by atoms with van der Waals surface area (Å²) in [5, 5.41) is 7.86. The monoisotopic (exact) mass is 527 g/mol. The van der Waals surface area contributed by atoms with Gasteiger partial charge in [0.25, 0.3) is 5.91 Å². The maximum atomic E-state index is 13.0. The standard InChI is InChI=1S/C28H25N5O4S/c34-25(31-24-10-4-5-15-29-24)21-13-11-20(12-14-21)22-18-38-27(30-22)32-26(35)23-9-6-16-33(23)28(36)37-17-19-7-2-1-3-8-19/h1-5,7-8,10-15,18,23H,6,9,16-17H2,(H,29,31,34)(H,30,32,35)/t23-/m0/s1. The van der Waals surface area contributed by atoms with E-state index in [-0.39, 0.29) is 18.4 Å². The van der Waals surface area contributed by atoms with Gasteiger partial charge in [-0.3, -0.25) is 14.5 Å². The third-order valence-corrected chi connectivity index (χ3v) is 6.84. The lowest BCUT2D eigenvalue weighted by atomic mass is 10.1. The van der Waals surface area contributed by atoms with Gasteiger partial charge in [-0.25, -0.2) is 14.8 Å². The number of amides is 3. The summed E-state index contributed by atoms with van der Waals surface area (Å²) in [5.41, 5.74) is 2.86. The second-order valence-corrected chi connectivity index (χ2v) is 9.52. The molecule has 0 aliphatic carbocycles. The highest BCUT2D eigenvalue weighted by atomic mass is 32.1. The largest absolute Gasteiger partial charge is 0.445 e. The molecule has 1 aliphatic heterocycles. The van der Waals surface area contributed by atoms with Crippen molar-refractivity contribution in [2.75, 3.05) is 17.2 Å². The Morgan fingerprint density at radius 1 is 0.974 bits per heavy atom. The number of likely N-dealkylation sites (tertiary alicyclic amines) is 1. The first-order valence-electron chi connectivity index (χ1n) is 12.1. The molecule has 38 heavy (non-hydrogen) atoms. The van der Waals surface area contributed by atoms with Crippen molar-refractivity contribution in [1.82, 2.24) is 14.9 Å². The van der Waals surface area contributed by atoms with Crippen LogP contribution in [0.15, 0.2) is 84.4 Å². The molecule has 2 aromatic heterocycles. The lowest BCUT2D eigenvalue weighted by Crippen LogP contribution is -2.43. The van der Waals surface area contributed by atoms with E-state index in [9.17, 15) is 14.4 Å². The van der Waals surface area contributed by atoms with Gasteiger partial charge in [0.2, 0.25) is 5.91 Å². The number of carbonyl (C=O) groups is 3. The van der Waals surface area contributed by atoms with Crippen molar-refractivity contribution in [3.8, 4) is 11.3 Å². The van der Waals surface area contributed by atoms with Crippen molar-refractivity contribution in [2.24, 2.45) is 0 Å². The molecule has 0 saturated carbocycles. The van der Waals surface area contributed by atoms with Crippen molar-refractivity contribution in [2.45, 2.75) is 25.5 Å². The molecule has 4 aromatic rings. The molecule has 1 atom stereocenters. The number of anilines is 2. The molecule has 9 nitrogen and oxygen atoms in total. The maximum Gasteiger partial charge on any atom is 0.410 e. The molecule has 3 heterocycles. The summed E-state index contributed by atoms with van der Waals surface area (Å²) in [6.07, 6.45) is 2.40. The molecule has 192 valence electrons. The topological polar surface area (TPSA) is 114 Å². The van der Waals surface area contributed by atoms with Crippen LogP contribution in [0.25, 0.3) is 11.3 Å². The zero-order chi connectivity index (χ0) is 26.3. The zero-order valence-corrected chi connectivity index (χ0v) is 21.2. The number of hydrogen-bond acceptors (Lipinski definition) is 7. The second kappa shape index (κ2) is 11.7. The van der Waals surface area contributed by atoms with E-state index in [4.69, 9.17) is 4.74 Å². The van der Waals surface area contributed by atoms with Gasteiger partial charge in [0.1, 0.15) is 18.5 Å². The summed E-state index contributed by atoms with van der Waals surface area (Å²) >= 11 is 1.30. The van der Waals surface area contributed by atoms with Gasteiger partial charge in [-0.1, -0.05) is 48.5 Å². The summed E-state index contributed by atoms with van der Waals surface area (Å²) in [5.74, 6) is -0.0711. The minimum Gasteiger partial charge on any atom is -0.445 e. The number of rotatable bonds is 7. The Kier molecular flexibility index (Phi) is 7.70. The van der Waals surface area contributed by atoms with Crippen LogP contribution in [0, 0.1) is 0 Å². The Hall–Kier alpha value is -4.57. The van der Waals surface area contributed by atoms with E-state index in [0.717, 1.165) is 17.5 Å². The maximum absolute atomic E-state index is 13.0. The van der Waals surface area contributed by atoms with Crippen molar-refractivity contribution >= 4 is 40.2 Å². The predicted molar refractivity (Wildman–Crippen MR) is 145 cm³/mol. The Labute approximate surface area is 223 Å². The fourth-order valence-corrected chi connectivity index (χ4v) is 4.85. The summed E-state index contributed by atoms with van der Waals surface area (Å²) in [4.78, 5) is 48.2. The van der Waals surface area contributed by atoms with Crippen molar-refractivity contribution in [3.05, 3.63) is 95.5 Å². The molecule has 0 spiro atoms. The van der Waals surface area contributed by atoms with E-state index in [1.807, 2.05) is 35.7 Å². The van der Waals surface area contributed by atoms with E-state index in [1.54, 1.807) is 48.7 Å². The molecule has 0 bridgehead atoms. The van der Waals surface area contributed by atoms with Crippen LogP contribution in [0.5, 0.6) is 0 Å². The van der Waals surface area contributed by atoms with E-state index in [2.05, 4.69) is 20.6 Å². The molecule has 3 amide bonds. The van der Waals surface area contributed by atoms with E-state index >= 15 is 0 Å². The fourth-order valence-electron chi connectivity index (χ4n) is 4.13. The highest BCUT2D eigenvalue weighted by Gasteiger charge is 2.35. The Morgan fingerprint density at radius 2 is 1.76 bits per heavy atom. The SMILES string of the molecule is O=C(Nc1ccccn1)c1ccc(-c2csc(NC(=O)[C@@H]3CCCN3C(=O)OCc3ccccc3)n2)cc1. The smallest absolute Gasteiger partial charge is 0.410 e. The van der Waals surface area contributed by atoms with E-state index in [1.165, 1.54) is 16.2 Å². The van der Waals surface area contributed by atoms with Gasteiger partial charge in [-0.2, -0.15) is 0 Å². The average Bonchev–Trinajstić information content (AvgIpc) is 3.63. The molecule has 5 rings (SSSR count). The fraction of sp³-hybridized carbons (Fsp3) is 0.179.